The van der Waals surface area contributed by atoms with Crippen LogP contribution in [0.15, 0.2) is 140 Å². The van der Waals surface area contributed by atoms with Crippen molar-refractivity contribution in [3.05, 3.63) is 167 Å². The van der Waals surface area contributed by atoms with E-state index in [1.807, 2.05) is 146 Å². The van der Waals surface area contributed by atoms with Gasteiger partial charge >= 0.3 is 0 Å². The largest absolute Gasteiger partial charge is 0.323 e. The monoisotopic (exact) mass is 510 g/mol. The lowest BCUT2D eigenvalue weighted by atomic mass is 9.90. The van der Waals surface area contributed by atoms with Crippen LogP contribution in [0.3, 0.4) is 0 Å². The number of hydrogen-bond donors (Lipinski definition) is 2. The molecule has 0 fully saturated rings. The molecule has 0 aliphatic carbocycles. The van der Waals surface area contributed by atoms with Crippen LogP contribution >= 0.6 is 0 Å². The molecule has 0 heterocycles. The Balaban J connectivity index is 1.46. The summed E-state index contributed by atoms with van der Waals surface area (Å²) in [6.45, 7) is 1.96. The lowest BCUT2D eigenvalue weighted by molar-refractivity contribution is -0.117. The van der Waals surface area contributed by atoms with Crippen LogP contribution in [0.5, 0.6) is 0 Å². The highest BCUT2D eigenvalue weighted by atomic mass is 16.2. The van der Waals surface area contributed by atoms with Gasteiger partial charge in [-0.05, 0) is 46.9 Å². The molecule has 0 spiro atoms. The van der Waals surface area contributed by atoms with Gasteiger partial charge in [0.1, 0.15) is 0 Å². The van der Waals surface area contributed by atoms with Crippen molar-refractivity contribution < 1.29 is 9.59 Å². The van der Waals surface area contributed by atoms with Crippen molar-refractivity contribution in [1.82, 2.24) is 0 Å². The second kappa shape index (κ2) is 12.1. The van der Waals surface area contributed by atoms with Gasteiger partial charge in [0.05, 0.1) is 23.2 Å². The summed E-state index contributed by atoms with van der Waals surface area (Å²) in [6.07, 6.45) is 0. The summed E-state index contributed by atoms with van der Waals surface area (Å²) < 4.78 is 0. The van der Waals surface area contributed by atoms with Gasteiger partial charge in [-0.2, -0.15) is 0 Å². The Kier molecular flexibility index (Phi) is 7.94. The summed E-state index contributed by atoms with van der Waals surface area (Å²) in [5.41, 5.74) is 5.67. The number of anilines is 2. The molecule has 4 heteroatoms. The van der Waals surface area contributed by atoms with E-state index in [0.29, 0.717) is 11.4 Å². The molecule has 5 aromatic carbocycles. The van der Waals surface area contributed by atoms with E-state index in [1.54, 1.807) is 0 Å². The first-order valence-electron chi connectivity index (χ1n) is 13.0. The maximum absolute atomic E-state index is 13.8. The Hall–Kier alpha value is -4.96. The molecule has 5 aromatic rings. The van der Waals surface area contributed by atoms with Gasteiger partial charge in [0, 0.05) is 0 Å². The third kappa shape index (κ3) is 6.13. The molecule has 2 N–H and O–H groups in total. The second-order valence-electron chi connectivity index (χ2n) is 9.54. The zero-order chi connectivity index (χ0) is 27.0. The van der Waals surface area contributed by atoms with Crippen LogP contribution in [0.1, 0.15) is 39.7 Å². The first-order chi connectivity index (χ1) is 19.1. The Morgan fingerprint density at radius 3 is 1.15 bits per heavy atom. The predicted molar refractivity (Wildman–Crippen MR) is 158 cm³/mol. The third-order valence-electron chi connectivity index (χ3n) is 6.75. The smallest absolute Gasteiger partial charge is 0.236 e. The van der Waals surface area contributed by atoms with Crippen LogP contribution in [-0.4, -0.2) is 11.8 Å². The van der Waals surface area contributed by atoms with E-state index in [1.165, 1.54) is 0 Å². The summed E-state index contributed by atoms with van der Waals surface area (Å²) in [4.78, 5) is 27.6. The summed E-state index contributed by atoms with van der Waals surface area (Å²) >= 11 is 0. The average Bonchev–Trinajstić information content (AvgIpc) is 2.97. The Morgan fingerprint density at radius 2 is 0.795 bits per heavy atom. The maximum Gasteiger partial charge on any atom is 0.236 e. The van der Waals surface area contributed by atoms with Gasteiger partial charge in [0.15, 0.2) is 0 Å². The van der Waals surface area contributed by atoms with Gasteiger partial charge in [-0.15, -0.1) is 0 Å². The fourth-order valence-corrected chi connectivity index (χ4v) is 4.85. The summed E-state index contributed by atoms with van der Waals surface area (Å²) in [5.74, 6) is -1.35. The number of rotatable bonds is 8. The molecule has 2 amide bonds. The van der Waals surface area contributed by atoms with Gasteiger partial charge in [0.25, 0.3) is 0 Å². The van der Waals surface area contributed by atoms with Crippen molar-refractivity contribution in [1.29, 1.82) is 0 Å². The highest BCUT2D eigenvalue weighted by molar-refractivity contribution is 6.05. The summed E-state index contributed by atoms with van der Waals surface area (Å²) in [7, 11) is 0. The van der Waals surface area contributed by atoms with E-state index in [-0.39, 0.29) is 11.8 Å². The van der Waals surface area contributed by atoms with E-state index in [9.17, 15) is 9.59 Å². The molecule has 0 aliphatic rings. The van der Waals surface area contributed by atoms with Crippen LogP contribution in [0.2, 0.25) is 0 Å². The molecule has 0 saturated carbocycles. The minimum absolute atomic E-state index is 0.170. The fourth-order valence-electron chi connectivity index (χ4n) is 4.85. The SMILES string of the molecule is Cc1ccc(NC(=O)C(c2ccccc2)c2ccccc2)c(NC(=O)C(c2ccccc2)c2ccccc2)c1. The number of benzene rings is 5. The van der Waals surface area contributed by atoms with E-state index in [4.69, 9.17) is 0 Å². The molecule has 5 rings (SSSR count). The lowest BCUT2D eigenvalue weighted by Gasteiger charge is -2.22. The highest BCUT2D eigenvalue weighted by Gasteiger charge is 2.26. The number of hydrogen-bond acceptors (Lipinski definition) is 2. The van der Waals surface area contributed by atoms with Crippen molar-refractivity contribution in [2.75, 3.05) is 10.6 Å². The number of carbonyl (C=O) groups excluding carboxylic acids is 2. The van der Waals surface area contributed by atoms with Gasteiger partial charge in [0.2, 0.25) is 11.8 Å². The minimum Gasteiger partial charge on any atom is -0.323 e. The lowest BCUT2D eigenvalue weighted by Crippen LogP contribution is -2.25. The third-order valence-corrected chi connectivity index (χ3v) is 6.75. The number of aryl methyl sites for hydroxylation is 1. The van der Waals surface area contributed by atoms with Crippen molar-refractivity contribution in [3.63, 3.8) is 0 Å². The quantitative estimate of drug-likeness (QED) is 0.227. The first-order valence-corrected chi connectivity index (χ1v) is 13.0. The highest BCUT2D eigenvalue weighted by Crippen LogP contribution is 2.31. The topological polar surface area (TPSA) is 58.2 Å². The van der Waals surface area contributed by atoms with E-state index < -0.39 is 11.8 Å². The van der Waals surface area contributed by atoms with Crippen molar-refractivity contribution in [2.45, 2.75) is 18.8 Å². The van der Waals surface area contributed by atoms with Crippen molar-refractivity contribution in [3.8, 4) is 0 Å². The Bertz CT molecular complexity index is 1460. The van der Waals surface area contributed by atoms with E-state index in [0.717, 1.165) is 27.8 Å². The zero-order valence-electron chi connectivity index (χ0n) is 21.8. The second-order valence-corrected chi connectivity index (χ2v) is 9.54. The minimum atomic E-state index is -0.502. The predicted octanol–water partition coefficient (Wildman–Crippen LogP) is 7.54. The first kappa shape index (κ1) is 25.7. The zero-order valence-corrected chi connectivity index (χ0v) is 21.8. The van der Waals surface area contributed by atoms with Crippen LogP contribution < -0.4 is 10.6 Å². The molecule has 0 bridgehead atoms. The van der Waals surface area contributed by atoms with Gasteiger partial charge in [-0.3, -0.25) is 9.59 Å². The van der Waals surface area contributed by atoms with Crippen LogP contribution in [-0.2, 0) is 9.59 Å². The van der Waals surface area contributed by atoms with Gasteiger partial charge < -0.3 is 10.6 Å². The molecule has 0 aliphatic heterocycles. The van der Waals surface area contributed by atoms with Gasteiger partial charge in [-0.1, -0.05) is 127 Å². The number of amides is 2. The van der Waals surface area contributed by atoms with E-state index in [2.05, 4.69) is 10.6 Å². The molecule has 192 valence electrons. The van der Waals surface area contributed by atoms with Crippen LogP contribution in [0.4, 0.5) is 11.4 Å². The molecule has 4 nitrogen and oxygen atoms in total. The van der Waals surface area contributed by atoms with Crippen LogP contribution in [0.25, 0.3) is 0 Å². The molecule has 39 heavy (non-hydrogen) atoms. The number of nitrogens with one attached hydrogen (secondary N) is 2. The molecule has 0 radical (unpaired) electrons. The van der Waals surface area contributed by atoms with E-state index >= 15 is 0 Å². The maximum atomic E-state index is 13.8. The molecule has 0 unspecified atom stereocenters. The van der Waals surface area contributed by atoms with Gasteiger partial charge in [-0.25, -0.2) is 0 Å². The normalized spacial score (nSPS) is 10.8. The standard InChI is InChI=1S/C35H30N2O2/c1-25-22-23-30(36-34(38)32(26-14-6-2-7-15-26)27-16-8-3-9-17-27)31(24-25)37-35(39)33(28-18-10-4-11-19-28)29-20-12-5-13-21-29/h2-24,32-33H,1H3,(H,36,38)(H,37,39). The number of carbonyl (C=O) groups is 2. The molecule has 0 atom stereocenters. The molecule has 0 aromatic heterocycles. The summed E-state index contributed by atoms with van der Waals surface area (Å²) in [5, 5.41) is 6.22. The average molecular weight is 511 g/mol. The molecule has 0 saturated heterocycles. The Morgan fingerprint density at radius 1 is 0.462 bits per heavy atom. The fraction of sp³-hybridized carbons (Fsp3) is 0.0857. The molecular formula is C35H30N2O2. The Labute approximate surface area is 229 Å². The summed E-state index contributed by atoms with van der Waals surface area (Å²) in [6, 6.07) is 44.6. The van der Waals surface area contributed by atoms with Crippen molar-refractivity contribution >= 4 is 23.2 Å². The van der Waals surface area contributed by atoms with Crippen LogP contribution in [0, 0.1) is 6.92 Å². The molecular weight excluding hydrogens is 480 g/mol. The van der Waals surface area contributed by atoms with Crippen molar-refractivity contribution in [2.24, 2.45) is 0 Å².